The molecule has 0 aliphatic rings. The van der Waals surface area contributed by atoms with Gasteiger partial charge in [0.05, 0.1) is 5.69 Å². The lowest BCUT2D eigenvalue weighted by Gasteiger charge is -2.06. The van der Waals surface area contributed by atoms with Crippen molar-refractivity contribution in [3.8, 4) is 11.3 Å². The van der Waals surface area contributed by atoms with Crippen molar-refractivity contribution in [1.29, 1.82) is 0 Å². The molecule has 1 aromatic carbocycles. The van der Waals surface area contributed by atoms with E-state index in [9.17, 15) is 9.90 Å². The highest BCUT2D eigenvalue weighted by molar-refractivity contribution is 5.74. The topological polar surface area (TPSA) is 70.4 Å². The van der Waals surface area contributed by atoms with Crippen LogP contribution in [0.15, 0.2) is 48.7 Å². The van der Waals surface area contributed by atoms with Gasteiger partial charge in [-0.2, -0.15) is 0 Å². The lowest BCUT2D eigenvalue weighted by atomic mass is 10.1. The summed E-state index contributed by atoms with van der Waals surface area (Å²) in [5, 5.41) is 18.0. The number of nitrogens with zero attached hydrogens (tertiary/aromatic N) is 1. The van der Waals surface area contributed by atoms with Crippen LogP contribution in [0.25, 0.3) is 11.3 Å². The lowest BCUT2D eigenvalue weighted by Crippen LogP contribution is -2.10. The quantitative estimate of drug-likeness (QED) is 0.842. The number of aliphatic carboxylic acids is 1. The predicted octanol–water partition coefficient (Wildman–Crippen LogP) is 1.87. The molecule has 17 heavy (non-hydrogen) atoms. The largest absolute Gasteiger partial charge is 0.479 e. The van der Waals surface area contributed by atoms with Gasteiger partial charge >= 0.3 is 5.97 Å². The van der Waals surface area contributed by atoms with Gasteiger partial charge in [0.15, 0.2) is 6.10 Å². The molecule has 0 saturated heterocycles. The molecule has 4 nitrogen and oxygen atoms in total. The number of carboxylic acid groups (broad SMARTS) is 1. The number of hydrogen-bond donors (Lipinski definition) is 2. The maximum atomic E-state index is 10.6. The SMILES string of the molecule is O=C(O)C(O)c1ccc(-c2ccccn2)cc1. The molecular formula is C13H11NO3. The van der Waals surface area contributed by atoms with E-state index in [4.69, 9.17) is 5.11 Å². The Kier molecular flexibility index (Phi) is 3.16. The van der Waals surface area contributed by atoms with Gasteiger partial charge in [-0.25, -0.2) is 4.79 Å². The number of aliphatic hydroxyl groups is 1. The summed E-state index contributed by atoms with van der Waals surface area (Å²) >= 11 is 0. The second kappa shape index (κ2) is 4.76. The van der Waals surface area contributed by atoms with Crippen LogP contribution in [0.1, 0.15) is 11.7 Å². The second-order valence-electron chi connectivity index (χ2n) is 3.58. The van der Waals surface area contributed by atoms with Gasteiger partial charge in [0.1, 0.15) is 0 Å². The number of aromatic nitrogens is 1. The van der Waals surface area contributed by atoms with E-state index in [1.807, 2.05) is 18.2 Å². The molecule has 1 aromatic heterocycles. The average Bonchev–Trinajstić information content (AvgIpc) is 2.39. The molecule has 0 radical (unpaired) electrons. The van der Waals surface area contributed by atoms with Crippen LogP contribution in [0.2, 0.25) is 0 Å². The molecule has 86 valence electrons. The summed E-state index contributed by atoms with van der Waals surface area (Å²) in [7, 11) is 0. The first kappa shape index (κ1) is 11.3. The fraction of sp³-hybridized carbons (Fsp3) is 0.0769. The highest BCUT2D eigenvalue weighted by Gasteiger charge is 2.15. The molecule has 1 heterocycles. The Labute approximate surface area is 98.2 Å². The minimum absolute atomic E-state index is 0.359. The van der Waals surface area contributed by atoms with Crippen molar-refractivity contribution in [2.24, 2.45) is 0 Å². The number of hydrogen-bond acceptors (Lipinski definition) is 3. The average molecular weight is 229 g/mol. The molecule has 0 amide bonds. The fourth-order valence-electron chi connectivity index (χ4n) is 1.51. The molecule has 2 N–H and O–H groups in total. The van der Waals surface area contributed by atoms with Crippen LogP contribution in [0.5, 0.6) is 0 Å². The minimum Gasteiger partial charge on any atom is -0.479 e. The molecule has 0 saturated carbocycles. The molecule has 2 rings (SSSR count). The molecule has 0 aliphatic carbocycles. The van der Waals surface area contributed by atoms with Crippen molar-refractivity contribution in [3.63, 3.8) is 0 Å². The highest BCUT2D eigenvalue weighted by Crippen LogP contribution is 2.20. The summed E-state index contributed by atoms with van der Waals surface area (Å²) in [6.07, 6.45) is 0.211. The maximum Gasteiger partial charge on any atom is 0.337 e. The van der Waals surface area contributed by atoms with Crippen LogP contribution in [-0.2, 0) is 4.79 Å². The monoisotopic (exact) mass is 229 g/mol. The van der Waals surface area contributed by atoms with Crippen LogP contribution in [0, 0.1) is 0 Å². The fourth-order valence-corrected chi connectivity index (χ4v) is 1.51. The third-order valence-corrected chi connectivity index (χ3v) is 2.42. The first-order valence-corrected chi connectivity index (χ1v) is 5.11. The molecule has 4 heteroatoms. The molecule has 0 spiro atoms. The molecule has 0 aliphatic heterocycles. The third kappa shape index (κ3) is 2.49. The van der Waals surface area contributed by atoms with Crippen LogP contribution < -0.4 is 0 Å². The zero-order chi connectivity index (χ0) is 12.3. The van der Waals surface area contributed by atoms with E-state index in [0.29, 0.717) is 5.56 Å². The van der Waals surface area contributed by atoms with Crippen molar-refractivity contribution < 1.29 is 15.0 Å². The Hall–Kier alpha value is -2.20. The molecule has 2 aromatic rings. The standard InChI is InChI=1S/C13H11NO3/c15-12(13(16)17)10-6-4-9(5-7-10)11-3-1-2-8-14-11/h1-8,12,15H,(H,16,17). The Bertz CT molecular complexity index is 508. The maximum absolute atomic E-state index is 10.6. The molecule has 1 atom stereocenters. The van der Waals surface area contributed by atoms with E-state index in [2.05, 4.69) is 4.98 Å². The summed E-state index contributed by atoms with van der Waals surface area (Å²) in [5.74, 6) is -1.25. The van der Waals surface area contributed by atoms with Crippen LogP contribution in [0.4, 0.5) is 0 Å². The van der Waals surface area contributed by atoms with E-state index in [1.165, 1.54) is 0 Å². The summed E-state index contributed by atoms with van der Waals surface area (Å²) in [4.78, 5) is 14.8. The van der Waals surface area contributed by atoms with Crippen molar-refractivity contribution in [2.45, 2.75) is 6.10 Å². The third-order valence-electron chi connectivity index (χ3n) is 2.42. The Morgan fingerprint density at radius 2 is 1.82 bits per heavy atom. The van der Waals surface area contributed by atoms with Gasteiger partial charge in [0.25, 0.3) is 0 Å². The van der Waals surface area contributed by atoms with Crippen molar-refractivity contribution in [2.75, 3.05) is 0 Å². The van der Waals surface area contributed by atoms with E-state index >= 15 is 0 Å². The number of carboxylic acids is 1. The lowest BCUT2D eigenvalue weighted by molar-refractivity contribution is -0.146. The summed E-state index contributed by atoms with van der Waals surface area (Å²) in [5.41, 5.74) is 2.05. The predicted molar refractivity (Wildman–Crippen MR) is 62.3 cm³/mol. The van der Waals surface area contributed by atoms with E-state index in [-0.39, 0.29) is 0 Å². The summed E-state index contributed by atoms with van der Waals surface area (Å²) < 4.78 is 0. The minimum atomic E-state index is -1.48. The smallest absolute Gasteiger partial charge is 0.337 e. The van der Waals surface area contributed by atoms with Gasteiger partial charge < -0.3 is 10.2 Å². The zero-order valence-corrected chi connectivity index (χ0v) is 8.95. The molecule has 0 bridgehead atoms. The highest BCUT2D eigenvalue weighted by atomic mass is 16.4. The second-order valence-corrected chi connectivity index (χ2v) is 3.58. The van der Waals surface area contributed by atoms with Gasteiger partial charge in [0, 0.05) is 11.8 Å². The first-order valence-electron chi connectivity index (χ1n) is 5.11. The first-order chi connectivity index (χ1) is 8.18. The number of benzene rings is 1. The van der Waals surface area contributed by atoms with Crippen LogP contribution >= 0.6 is 0 Å². The normalized spacial score (nSPS) is 12.1. The van der Waals surface area contributed by atoms with Crippen molar-refractivity contribution in [3.05, 3.63) is 54.2 Å². The Morgan fingerprint density at radius 3 is 2.35 bits per heavy atom. The number of rotatable bonds is 3. The van der Waals surface area contributed by atoms with E-state index in [0.717, 1.165) is 11.3 Å². The summed E-state index contributed by atoms with van der Waals surface area (Å²) in [6, 6.07) is 12.2. The van der Waals surface area contributed by atoms with E-state index in [1.54, 1.807) is 30.5 Å². The van der Waals surface area contributed by atoms with Gasteiger partial charge in [0.2, 0.25) is 0 Å². The van der Waals surface area contributed by atoms with Crippen molar-refractivity contribution >= 4 is 5.97 Å². The number of aliphatic hydroxyl groups excluding tert-OH is 1. The van der Waals surface area contributed by atoms with Crippen molar-refractivity contribution in [1.82, 2.24) is 4.98 Å². The van der Waals surface area contributed by atoms with Gasteiger partial charge in [-0.15, -0.1) is 0 Å². The van der Waals surface area contributed by atoms with Gasteiger partial charge in [-0.05, 0) is 17.7 Å². The Balaban J connectivity index is 2.28. The molecule has 0 fully saturated rings. The van der Waals surface area contributed by atoms with Crippen LogP contribution in [0.3, 0.4) is 0 Å². The number of pyridine rings is 1. The molecular weight excluding hydrogens is 218 g/mol. The molecule has 1 unspecified atom stereocenters. The Morgan fingerprint density at radius 1 is 1.12 bits per heavy atom. The van der Waals surface area contributed by atoms with Gasteiger partial charge in [-0.1, -0.05) is 30.3 Å². The summed E-state index contributed by atoms with van der Waals surface area (Å²) in [6.45, 7) is 0. The van der Waals surface area contributed by atoms with Crippen LogP contribution in [-0.4, -0.2) is 21.2 Å². The van der Waals surface area contributed by atoms with Gasteiger partial charge in [-0.3, -0.25) is 4.98 Å². The zero-order valence-electron chi connectivity index (χ0n) is 8.95. The van der Waals surface area contributed by atoms with E-state index < -0.39 is 12.1 Å². The number of carbonyl (C=O) groups is 1.